The summed E-state index contributed by atoms with van der Waals surface area (Å²) >= 11 is 6.53. The van der Waals surface area contributed by atoms with Gasteiger partial charge in [-0.15, -0.1) is 11.3 Å². The van der Waals surface area contributed by atoms with Crippen LogP contribution in [0.1, 0.15) is 50.9 Å². The molecule has 0 aliphatic heterocycles. The number of aryl methyl sites for hydroxylation is 1. The number of nitro benzene ring substituents is 2. The Morgan fingerprint density at radius 2 is 1.75 bits per heavy atom. The van der Waals surface area contributed by atoms with Gasteiger partial charge in [-0.25, -0.2) is 4.79 Å². The lowest BCUT2D eigenvalue weighted by Gasteiger charge is -2.13. The maximum Gasteiger partial charge on any atom is 0.341 e. The van der Waals surface area contributed by atoms with Gasteiger partial charge in [-0.05, 0) is 50.4 Å². The Labute approximate surface area is 191 Å². The Morgan fingerprint density at radius 1 is 1.12 bits per heavy atom. The number of thiocarbonyl (C=S) groups is 1. The van der Waals surface area contributed by atoms with Crippen molar-refractivity contribution in [2.45, 2.75) is 32.6 Å². The summed E-state index contributed by atoms with van der Waals surface area (Å²) < 4.78 is 5.17. The lowest BCUT2D eigenvalue weighted by atomic mass is 9.95. The van der Waals surface area contributed by atoms with Crippen molar-refractivity contribution in [2.24, 2.45) is 0 Å². The van der Waals surface area contributed by atoms with E-state index in [-0.39, 0.29) is 17.3 Å². The number of nitrogens with one attached hydrogen (secondary N) is 2. The molecule has 1 amide bonds. The molecule has 0 bridgehead atoms. The number of ether oxygens (including phenoxy) is 1. The van der Waals surface area contributed by atoms with E-state index >= 15 is 0 Å². The van der Waals surface area contributed by atoms with Crippen LogP contribution in [0.5, 0.6) is 0 Å². The minimum atomic E-state index is -0.867. The summed E-state index contributed by atoms with van der Waals surface area (Å²) in [7, 11) is 0. The van der Waals surface area contributed by atoms with Crippen LogP contribution >= 0.6 is 23.6 Å². The number of benzene rings is 1. The standard InChI is InChI=1S/C19H18N4O7S2/c1-2-30-18(25)15-13-5-3-4-6-14(13)32-17(15)21-19(31)20-16(24)10-7-11(22(26)27)9-12(8-10)23(28)29/h7-9H,2-6H2,1H3,(H2,20,21,24,31). The van der Waals surface area contributed by atoms with Crippen LogP contribution < -0.4 is 10.6 Å². The van der Waals surface area contributed by atoms with Crippen molar-refractivity contribution >= 4 is 56.9 Å². The average Bonchev–Trinajstić information content (AvgIpc) is 3.11. The van der Waals surface area contributed by atoms with E-state index in [1.54, 1.807) is 6.92 Å². The van der Waals surface area contributed by atoms with Gasteiger partial charge in [-0.3, -0.25) is 30.3 Å². The molecule has 11 nitrogen and oxygen atoms in total. The molecule has 0 fully saturated rings. The zero-order valence-corrected chi connectivity index (χ0v) is 18.5. The van der Waals surface area contributed by atoms with Gasteiger partial charge in [0.25, 0.3) is 17.3 Å². The number of carbonyl (C=O) groups excluding carboxylic acids is 2. The zero-order chi connectivity index (χ0) is 23.4. The number of carbonyl (C=O) groups is 2. The highest BCUT2D eigenvalue weighted by Crippen LogP contribution is 2.38. The molecule has 1 aromatic carbocycles. The molecule has 0 saturated heterocycles. The van der Waals surface area contributed by atoms with Crippen molar-refractivity contribution in [3.05, 3.63) is 60.0 Å². The first kappa shape index (κ1) is 23.2. The highest BCUT2D eigenvalue weighted by molar-refractivity contribution is 7.80. The van der Waals surface area contributed by atoms with Gasteiger partial charge in [-0.2, -0.15) is 0 Å². The van der Waals surface area contributed by atoms with Gasteiger partial charge in [0.2, 0.25) is 0 Å². The zero-order valence-electron chi connectivity index (χ0n) is 16.8. The van der Waals surface area contributed by atoms with Crippen LogP contribution in [0.4, 0.5) is 16.4 Å². The van der Waals surface area contributed by atoms with E-state index in [0.29, 0.717) is 10.6 Å². The van der Waals surface area contributed by atoms with Gasteiger partial charge in [0.1, 0.15) is 5.00 Å². The molecule has 1 aromatic heterocycles. The number of amides is 1. The molecule has 1 aliphatic carbocycles. The minimum absolute atomic E-state index is 0.159. The molecule has 2 aromatic rings. The third-order valence-corrected chi connectivity index (χ3v) is 6.10. The fourth-order valence-corrected chi connectivity index (χ4v) is 4.86. The maximum atomic E-state index is 12.5. The van der Waals surface area contributed by atoms with Gasteiger partial charge >= 0.3 is 5.97 Å². The van der Waals surface area contributed by atoms with Gasteiger partial charge in [0, 0.05) is 17.0 Å². The van der Waals surface area contributed by atoms with Crippen molar-refractivity contribution in [3.8, 4) is 0 Å². The third-order valence-electron chi connectivity index (χ3n) is 4.69. The molecule has 0 unspecified atom stereocenters. The molecule has 2 N–H and O–H groups in total. The van der Waals surface area contributed by atoms with Crippen LogP contribution in [0.2, 0.25) is 0 Å². The lowest BCUT2D eigenvalue weighted by Crippen LogP contribution is -2.34. The number of nitrogens with zero attached hydrogens (tertiary/aromatic N) is 2. The average molecular weight is 479 g/mol. The normalized spacial score (nSPS) is 12.4. The van der Waals surface area contributed by atoms with Crippen molar-refractivity contribution in [1.82, 2.24) is 5.32 Å². The number of nitro groups is 2. The largest absolute Gasteiger partial charge is 0.462 e. The molecule has 1 heterocycles. The minimum Gasteiger partial charge on any atom is -0.462 e. The van der Waals surface area contributed by atoms with Crippen LogP contribution in [-0.2, 0) is 17.6 Å². The first-order valence-electron chi connectivity index (χ1n) is 9.59. The summed E-state index contributed by atoms with van der Waals surface area (Å²) in [5, 5.41) is 27.5. The van der Waals surface area contributed by atoms with Crippen LogP contribution in [-0.4, -0.2) is 33.4 Å². The predicted molar refractivity (Wildman–Crippen MR) is 120 cm³/mol. The summed E-state index contributed by atoms with van der Waals surface area (Å²) in [6.45, 7) is 1.91. The second-order valence-corrected chi connectivity index (χ2v) is 8.31. The second kappa shape index (κ2) is 9.78. The van der Waals surface area contributed by atoms with E-state index in [4.69, 9.17) is 17.0 Å². The Balaban J connectivity index is 1.83. The molecule has 32 heavy (non-hydrogen) atoms. The fourth-order valence-electron chi connectivity index (χ4n) is 3.32. The number of rotatable bonds is 6. The Kier molecular flexibility index (Phi) is 7.10. The smallest absolute Gasteiger partial charge is 0.341 e. The van der Waals surface area contributed by atoms with Crippen LogP contribution in [0.3, 0.4) is 0 Å². The number of esters is 1. The maximum absolute atomic E-state index is 12.5. The summed E-state index contributed by atoms with van der Waals surface area (Å²) in [4.78, 5) is 46.5. The molecule has 1 aliphatic rings. The van der Waals surface area contributed by atoms with Crippen LogP contribution in [0, 0.1) is 20.2 Å². The molecule has 3 rings (SSSR count). The van der Waals surface area contributed by atoms with Crippen molar-refractivity contribution in [1.29, 1.82) is 0 Å². The Bertz CT molecular complexity index is 1100. The monoisotopic (exact) mass is 478 g/mol. The summed E-state index contributed by atoms with van der Waals surface area (Å²) in [6, 6.07) is 2.59. The van der Waals surface area contributed by atoms with E-state index in [2.05, 4.69) is 10.6 Å². The van der Waals surface area contributed by atoms with Crippen molar-refractivity contribution in [2.75, 3.05) is 11.9 Å². The third kappa shape index (κ3) is 5.06. The molecule has 0 radical (unpaired) electrons. The predicted octanol–water partition coefficient (Wildman–Crippen LogP) is 3.75. The topological polar surface area (TPSA) is 154 Å². The first-order valence-corrected chi connectivity index (χ1v) is 10.8. The van der Waals surface area contributed by atoms with E-state index in [1.165, 1.54) is 11.3 Å². The molecular weight excluding hydrogens is 460 g/mol. The number of hydrogen-bond acceptors (Lipinski definition) is 9. The van der Waals surface area contributed by atoms with Gasteiger partial charge in [0.05, 0.1) is 33.6 Å². The molecule has 13 heteroatoms. The Morgan fingerprint density at radius 3 is 2.34 bits per heavy atom. The summed E-state index contributed by atoms with van der Waals surface area (Å²) in [5.41, 5.74) is -0.205. The Hall–Kier alpha value is -3.45. The SMILES string of the molecule is CCOC(=O)c1c(NC(=S)NC(=O)c2cc([N+](=O)[O-])cc([N+](=O)[O-])c2)sc2c1CCCC2. The van der Waals surface area contributed by atoms with Gasteiger partial charge in [-0.1, -0.05) is 0 Å². The fraction of sp³-hybridized carbons (Fsp3) is 0.316. The second-order valence-electron chi connectivity index (χ2n) is 6.80. The number of non-ortho nitro benzene ring substituents is 2. The van der Waals surface area contributed by atoms with Crippen LogP contribution in [0.25, 0.3) is 0 Å². The van der Waals surface area contributed by atoms with Crippen molar-refractivity contribution in [3.63, 3.8) is 0 Å². The van der Waals surface area contributed by atoms with Crippen LogP contribution in [0.15, 0.2) is 18.2 Å². The van der Waals surface area contributed by atoms with E-state index < -0.39 is 33.1 Å². The molecule has 0 saturated carbocycles. The lowest BCUT2D eigenvalue weighted by molar-refractivity contribution is -0.394. The van der Waals surface area contributed by atoms with E-state index in [9.17, 15) is 29.8 Å². The molecule has 168 valence electrons. The van der Waals surface area contributed by atoms with E-state index in [1.807, 2.05) is 0 Å². The number of thiophene rings is 1. The highest BCUT2D eigenvalue weighted by atomic mass is 32.1. The quantitative estimate of drug-likeness (QED) is 0.273. The first-order chi connectivity index (χ1) is 15.2. The summed E-state index contributed by atoms with van der Waals surface area (Å²) in [6.07, 6.45) is 3.51. The molecular formula is C19H18N4O7S2. The van der Waals surface area contributed by atoms with Gasteiger partial charge < -0.3 is 10.1 Å². The molecule has 0 atom stereocenters. The van der Waals surface area contributed by atoms with Gasteiger partial charge in [0.15, 0.2) is 5.11 Å². The number of anilines is 1. The number of hydrogen-bond donors (Lipinski definition) is 2. The van der Waals surface area contributed by atoms with E-state index in [0.717, 1.165) is 54.3 Å². The van der Waals surface area contributed by atoms with Crippen molar-refractivity contribution < 1.29 is 24.2 Å². The highest BCUT2D eigenvalue weighted by Gasteiger charge is 2.27. The number of fused-ring (bicyclic) bond motifs is 1. The molecule has 0 spiro atoms. The summed E-state index contributed by atoms with van der Waals surface area (Å²) in [5.74, 6) is -1.36.